The predicted octanol–water partition coefficient (Wildman–Crippen LogP) is 2.80. The highest BCUT2D eigenvalue weighted by Gasteiger charge is 2.32. The van der Waals surface area contributed by atoms with Crippen LogP contribution in [0.15, 0.2) is 54.6 Å². The Hall–Kier alpha value is -5.13. The number of hydrogen-bond donors (Lipinski definition) is 6. The van der Waals surface area contributed by atoms with Crippen molar-refractivity contribution in [1.29, 1.82) is 0 Å². The first-order valence-electron chi connectivity index (χ1n) is 11.0. The van der Waals surface area contributed by atoms with Gasteiger partial charge in [0.2, 0.25) is 0 Å². The number of phenolic OH excluding ortho intramolecular Hbond substituents is 6. The fraction of sp³-hybridized carbons (Fsp3) is 0.192. The molecule has 38 heavy (non-hydrogen) atoms. The summed E-state index contributed by atoms with van der Waals surface area (Å²) in [6, 6.07) is 9.64. The quantitative estimate of drug-likeness (QED) is 0.135. The second kappa shape index (κ2) is 11.3. The van der Waals surface area contributed by atoms with Gasteiger partial charge >= 0.3 is 17.9 Å². The Kier molecular flexibility index (Phi) is 8.16. The number of ether oxygens (including phenoxy) is 3. The van der Waals surface area contributed by atoms with Gasteiger partial charge in [0.1, 0.15) is 71.0 Å². The van der Waals surface area contributed by atoms with Gasteiger partial charge in [-0.15, -0.1) is 0 Å². The number of aromatic hydroxyl groups is 6. The molecule has 12 heteroatoms. The third kappa shape index (κ3) is 6.75. The molecule has 0 aliphatic rings. The molecule has 0 saturated carbocycles. The summed E-state index contributed by atoms with van der Waals surface area (Å²) in [5.74, 6) is -5.45. The van der Waals surface area contributed by atoms with Gasteiger partial charge in [0.15, 0.2) is 0 Å². The van der Waals surface area contributed by atoms with E-state index in [0.717, 1.165) is 54.6 Å². The normalized spacial score (nSPS) is 11.0. The fourth-order valence-corrected chi connectivity index (χ4v) is 3.14. The van der Waals surface area contributed by atoms with Crippen molar-refractivity contribution in [3.8, 4) is 34.5 Å². The summed E-state index contributed by atoms with van der Waals surface area (Å²) >= 11 is 0. The first-order chi connectivity index (χ1) is 17.9. The van der Waals surface area contributed by atoms with Crippen LogP contribution in [-0.4, -0.2) is 68.4 Å². The molecule has 0 spiro atoms. The van der Waals surface area contributed by atoms with Crippen molar-refractivity contribution >= 4 is 17.9 Å². The molecule has 0 unspecified atom stereocenters. The van der Waals surface area contributed by atoms with Crippen LogP contribution in [0.25, 0.3) is 0 Å². The maximum atomic E-state index is 12.5. The molecule has 0 bridgehead atoms. The van der Waals surface area contributed by atoms with E-state index in [1.54, 1.807) is 0 Å². The van der Waals surface area contributed by atoms with E-state index in [9.17, 15) is 45.0 Å². The van der Waals surface area contributed by atoms with Gasteiger partial charge in [0.25, 0.3) is 0 Å². The van der Waals surface area contributed by atoms with Crippen molar-refractivity contribution in [3.63, 3.8) is 0 Å². The minimum atomic E-state index is -1.41. The third-order valence-corrected chi connectivity index (χ3v) is 5.26. The van der Waals surface area contributed by atoms with Crippen molar-refractivity contribution in [1.82, 2.24) is 0 Å². The number of esters is 3. The van der Waals surface area contributed by atoms with Gasteiger partial charge in [0.05, 0.1) is 5.41 Å². The zero-order valence-electron chi connectivity index (χ0n) is 20.0. The molecule has 0 aliphatic carbocycles. The zero-order valence-corrected chi connectivity index (χ0v) is 20.0. The fourth-order valence-electron chi connectivity index (χ4n) is 3.14. The van der Waals surface area contributed by atoms with Crippen LogP contribution in [0.2, 0.25) is 0 Å². The van der Waals surface area contributed by atoms with Crippen LogP contribution in [-0.2, 0) is 14.2 Å². The topological polar surface area (TPSA) is 200 Å². The van der Waals surface area contributed by atoms with Crippen LogP contribution in [0.5, 0.6) is 34.5 Å². The maximum absolute atomic E-state index is 12.5. The van der Waals surface area contributed by atoms with E-state index in [1.807, 2.05) is 0 Å². The molecule has 0 fully saturated rings. The van der Waals surface area contributed by atoms with Crippen LogP contribution in [0.3, 0.4) is 0 Å². The van der Waals surface area contributed by atoms with E-state index in [0.29, 0.717) is 0 Å². The van der Waals surface area contributed by atoms with Crippen molar-refractivity contribution in [2.45, 2.75) is 6.92 Å². The maximum Gasteiger partial charge on any atom is 0.342 e. The summed E-state index contributed by atoms with van der Waals surface area (Å²) in [5.41, 5.74) is -2.46. The first kappa shape index (κ1) is 27.5. The number of benzene rings is 3. The Labute approximate surface area is 215 Å². The van der Waals surface area contributed by atoms with Gasteiger partial charge in [-0.05, 0) is 61.5 Å². The molecule has 3 rings (SSSR count). The highest BCUT2D eigenvalue weighted by atomic mass is 16.6. The summed E-state index contributed by atoms with van der Waals surface area (Å²) in [6.07, 6.45) is 0. The summed E-state index contributed by atoms with van der Waals surface area (Å²) in [7, 11) is 0. The standard InChI is InChI=1S/C26H24O12/c1-26(11-36-23(33)17-8-14(27)2-5-20(17)30,12-37-24(34)18-9-15(28)3-6-21(18)31)13-38-25(35)19-10-16(29)4-7-22(19)32/h2-10,27-32H,11-13H2,1H3. The van der Waals surface area contributed by atoms with Crippen LogP contribution >= 0.6 is 0 Å². The molecule has 3 aromatic carbocycles. The molecule has 0 amide bonds. The molecule has 0 aliphatic heterocycles. The number of phenols is 6. The molecule has 0 aromatic heterocycles. The zero-order chi connectivity index (χ0) is 28.0. The Bertz CT molecular complexity index is 1200. The lowest BCUT2D eigenvalue weighted by Gasteiger charge is -2.28. The minimum absolute atomic E-state index is 0.308. The van der Waals surface area contributed by atoms with Gasteiger partial charge in [0, 0.05) is 0 Å². The summed E-state index contributed by atoms with van der Waals surface area (Å²) in [4.78, 5) is 37.6. The Morgan fingerprint density at radius 3 is 1.08 bits per heavy atom. The average Bonchev–Trinajstić information content (AvgIpc) is 2.88. The second-order valence-electron chi connectivity index (χ2n) is 8.64. The molecule has 3 aromatic rings. The first-order valence-corrected chi connectivity index (χ1v) is 11.0. The van der Waals surface area contributed by atoms with Gasteiger partial charge in [-0.3, -0.25) is 0 Å². The van der Waals surface area contributed by atoms with Crippen LogP contribution in [0.1, 0.15) is 38.0 Å². The molecule has 200 valence electrons. The molecule has 12 nitrogen and oxygen atoms in total. The number of hydrogen-bond acceptors (Lipinski definition) is 12. The lowest BCUT2D eigenvalue weighted by atomic mass is 9.94. The molecule has 0 atom stereocenters. The van der Waals surface area contributed by atoms with Crippen LogP contribution in [0.4, 0.5) is 0 Å². The largest absolute Gasteiger partial charge is 0.508 e. The highest BCUT2D eigenvalue weighted by molar-refractivity contribution is 5.94. The Morgan fingerprint density at radius 1 is 0.553 bits per heavy atom. The molecule has 6 N–H and O–H groups in total. The average molecular weight is 528 g/mol. The van der Waals surface area contributed by atoms with E-state index in [2.05, 4.69) is 0 Å². The molecule has 0 radical (unpaired) electrons. The van der Waals surface area contributed by atoms with E-state index in [4.69, 9.17) is 14.2 Å². The van der Waals surface area contributed by atoms with E-state index >= 15 is 0 Å². The summed E-state index contributed by atoms with van der Waals surface area (Å²) in [5, 5.41) is 58.5. The van der Waals surface area contributed by atoms with E-state index in [1.165, 1.54) is 6.92 Å². The highest BCUT2D eigenvalue weighted by Crippen LogP contribution is 2.28. The predicted molar refractivity (Wildman–Crippen MR) is 128 cm³/mol. The van der Waals surface area contributed by atoms with Crippen molar-refractivity contribution in [2.75, 3.05) is 19.8 Å². The summed E-state index contributed by atoms with van der Waals surface area (Å²) in [6.45, 7) is -0.160. The minimum Gasteiger partial charge on any atom is -0.508 e. The van der Waals surface area contributed by atoms with Crippen LogP contribution in [0, 0.1) is 5.41 Å². The molecule has 0 heterocycles. The monoisotopic (exact) mass is 528 g/mol. The van der Waals surface area contributed by atoms with Crippen LogP contribution < -0.4 is 0 Å². The number of rotatable bonds is 9. The third-order valence-electron chi connectivity index (χ3n) is 5.26. The molecular formula is C26H24O12. The lowest BCUT2D eigenvalue weighted by Crippen LogP contribution is -2.37. The SMILES string of the molecule is CC(COC(=O)c1cc(O)ccc1O)(COC(=O)c1cc(O)ccc1O)COC(=O)c1cc(O)ccc1O. The Morgan fingerprint density at radius 2 is 0.816 bits per heavy atom. The van der Waals surface area contributed by atoms with Crippen molar-refractivity contribution in [2.24, 2.45) is 5.41 Å². The smallest absolute Gasteiger partial charge is 0.342 e. The van der Waals surface area contributed by atoms with Crippen molar-refractivity contribution in [3.05, 3.63) is 71.3 Å². The van der Waals surface area contributed by atoms with E-state index in [-0.39, 0.29) is 33.9 Å². The summed E-state index contributed by atoms with van der Waals surface area (Å²) < 4.78 is 15.7. The lowest BCUT2D eigenvalue weighted by molar-refractivity contribution is -0.0290. The van der Waals surface area contributed by atoms with E-state index < -0.39 is 60.4 Å². The number of carbonyl (C=O) groups excluding carboxylic acids is 3. The van der Waals surface area contributed by atoms with Crippen molar-refractivity contribution < 1.29 is 59.2 Å². The second-order valence-corrected chi connectivity index (χ2v) is 8.64. The molecular weight excluding hydrogens is 504 g/mol. The van der Waals surface area contributed by atoms with Gasteiger partial charge < -0.3 is 44.8 Å². The number of carbonyl (C=O) groups is 3. The van der Waals surface area contributed by atoms with Gasteiger partial charge in [-0.1, -0.05) is 0 Å². The Balaban J connectivity index is 1.78. The molecule has 0 saturated heterocycles. The van der Waals surface area contributed by atoms with Gasteiger partial charge in [-0.25, -0.2) is 14.4 Å². The van der Waals surface area contributed by atoms with Gasteiger partial charge in [-0.2, -0.15) is 0 Å².